The third-order valence-electron chi connectivity index (χ3n) is 7.53. The average Bonchev–Trinajstić information content (AvgIpc) is 3.11. The van der Waals surface area contributed by atoms with Crippen molar-refractivity contribution in [3.8, 4) is 0 Å². The molecule has 54 heavy (non-hydrogen) atoms. The lowest BCUT2D eigenvalue weighted by Crippen LogP contribution is -2.46. The summed E-state index contributed by atoms with van der Waals surface area (Å²) in [5.41, 5.74) is 0. The predicted molar refractivity (Wildman–Crippen MR) is 189 cm³/mol. The van der Waals surface area contributed by atoms with Gasteiger partial charge in [-0.2, -0.15) is 0 Å². The lowest BCUT2D eigenvalue weighted by atomic mass is 10.0. The summed E-state index contributed by atoms with van der Waals surface area (Å²) in [6.07, 6.45) is 0.556. The van der Waals surface area contributed by atoms with Gasteiger partial charge in [0.05, 0.1) is 52.9 Å². The van der Waals surface area contributed by atoms with Crippen LogP contribution in [0, 0.1) is 23.7 Å². The number of esters is 8. The lowest BCUT2D eigenvalue weighted by Gasteiger charge is -2.30. The summed E-state index contributed by atoms with van der Waals surface area (Å²) in [5.74, 6) is -12.5. The molecule has 0 aliphatic carbocycles. The Morgan fingerprint density at radius 1 is 0.315 bits per heavy atom. The molecule has 0 rings (SSSR count). The first-order valence-corrected chi connectivity index (χ1v) is 18.6. The highest BCUT2D eigenvalue weighted by atomic mass is 16.6. The quantitative estimate of drug-likeness (QED) is 0.0453. The third-order valence-corrected chi connectivity index (χ3v) is 7.53. The van der Waals surface area contributed by atoms with Crippen LogP contribution in [0.1, 0.15) is 68.2 Å². The SMILES string of the molecule is CCOC(=O)C(CN(CCCCN(CC(C(=O)OCC)C(=O)OCC)CC(C(=O)OCC)C(=O)OCC)CC(C(=O)OCC)C(=O)OCC)C(=O)OCC. The first-order chi connectivity index (χ1) is 25.8. The molecule has 310 valence electrons. The maximum absolute atomic E-state index is 12.9. The van der Waals surface area contributed by atoms with E-state index in [1.54, 1.807) is 65.2 Å². The van der Waals surface area contributed by atoms with Crippen molar-refractivity contribution in [3.05, 3.63) is 0 Å². The van der Waals surface area contributed by atoms with Crippen molar-refractivity contribution >= 4 is 47.8 Å². The minimum absolute atomic E-state index is 0.0178. The van der Waals surface area contributed by atoms with E-state index in [1.807, 2.05) is 0 Å². The molecule has 0 aliphatic heterocycles. The van der Waals surface area contributed by atoms with E-state index in [-0.39, 0.29) is 105 Å². The van der Waals surface area contributed by atoms with Gasteiger partial charge in [-0.3, -0.25) is 38.4 Å². The van der Waals surface area contributed by atoms with Gasteiger partial charge >= 0.3 is 47.8 Å². The Morgan fingerprint density at radius 3 is 0.593 bits per heavy atom. The zero-order chi connectivity index (χ0) is 41.1. The average molecular weight is 777 g/mol. The molecule has 0 amide bonds. The number of carbonyl (C=O) groups is 8. The molecule has 0 fully saturated rings. The first kappa shape index (κ1) is 49.7. The van der Waals surface area contributed by atoms with Crippen molar-refractivity contribution in [1.29, 1.82) is 0 Å². The minimum Gasteiger partial charge on any atom is -0.465 e. The first-order valence-electron chi connectivity index (χ1n) is 18.6. The Labute approximate surface area is 317 Å². The van der Waals surface area contributed by atoms with Crippen molar-refractivity contribution in [2.45, 2.75) is 68.2 Å². The summed E-state index contributed by atoms with van der Waals surface area (Å²) in [4.78, 5) is 106. The van der Waals surface area contributed by atoms with Crippen molar-refractivity contribution in [2.24, 2.45) is 23.7 Å². The van der Waals surface area contributed by atoms with Gasteiger partial charge in [0.1, 0.15) is 0 Å². The second kappa shape index (κ2) is 29.1. The summed E-state index contributed by atoms with van der Waals surface area (Å²) in [6, 6.07) is 0. The maximum atomic E-state index is 12.9. The van der Waals surface area contributed by atoms with Crippen molar-refractivity contribution in [3.63, 3.8) is 0 Å². The van der Waals surface area contributed by atoms with Gasteiger partial charge in [0.2, 0.25) is 0 Å². The minimum atomic E-state index is -1.42. The summed E-state index contributed by atoms with van der Waals surface area (Å²) < 4.78 is 41.0. The highest BCUT2D eigenvalue weighted by Crippen LogP contribution is 2.16. The zero-order valence-corrected chi connectivity index (χ0v) is 33.0. The molecule has 18 nitrogen and oxygen atoms in total. The standard InChI is InChI=1S/C36H60N2O16/c1-9-47-29(39)25(30(40)48-10-2)21-37(22-26(31(41)49-11-3)32(42)50-12-4)19-17-18-20-38(23-27(33(43)51-13-5)34(44)52-14-6)24-28(35(45)53-15-7)36(46)54-16-8/h25-28H,9-24H2,1-8H3. The van der Waals surface area contributed by atoms with Crippen LogP contribution in [-0.2, 0) is 76.3 Å². The van der Waals surface area contributed by atoms with Gasteiger partial charge in [-0.1, -0.05) is 0 Å². The number of nitrogens with zero attached hydrogens (tertiary/aromatic N) is 2. The summed E-state index contributed by atoms with van der Waals surface area (Å²) in [6.45, 7) is 11.5. The van der Waals surface area contributed by atoms with Gasteiger partial charge in [0, 0.05) is 26.2 Å². The highest BCUT2D eigenvalue weighted by Gasteiger charge is 2.38. The van der Waals surface area contributed by atoms with Crippen LogP contribution in [0.25, 0.3) is 0 Å². The van der Waals surface area contributed by atoms with Gasteiger partial charge < -0.3 is 47.7 Å². The van der Waals surface area contributed by atoms with E-state index in [1.165, 1.54) is 0 Å². The fourth-order valence-electron chi connectivity index (χ4n) is 5.14. The van der Waals surface area contributed by atoms with E-state index in [0.717, 1.165) is 0 Å². The van der Waals surface area contributed by atoms with E-state index in [9.17, 15) is 38.4 Å². The molecule has 0 unspecified atom stereocenters. The van der Waals surface area contributed by atoms with Crippen LogP contribution in [0.15, 0.2) is 0 Å². The molecule has 0 aliphatic rings. The lowest BCUT2D eigenvalue weighted by molar-refractivity contribution is -0.167. The molecule has 18 heteroatoms. The van der Waals surface area contributed by atoms with Crippen molar-refractivity contribution < 1.29 is 76.3 Å². The van der Waals surface area contributed by atoms with Crippen LogP contribution >= 0.6 is 0 Å². The van der Waals surface area contributed by atoms with E-state index in [0.29, 0.717) is 0 Å². The second-order valence-corrected chi connectivity index (χ2v) is 11.5. The van der Waals surface area contributed by atoms with Crippen LogP contribution < -0.4 is 0 Å². The molecule has 0 N–H and O–H groups in total. The second-order valence-electron chi connectivity index (χ2n) is 11.5. The van der Waals surface area contributed by atoms with Crippen LogP contribution in [0.2, 0.25) is 0 Å². The highest BCUT2D eigenvalue weighted by molar-refractivity contribution is 5.97. The molecule has 0 aromatic rings. The monoisotopic (exact) mass is 776 g/mol. The van der Waals surface area contributed by atoms with Crippen LogP contribution in [0.4, 0.5) is 0 Å². The number of hydrogen-bond donors (Lipinski definition) is 0. The van der Waals surface area contributed by atoms with Gasteiger partial charge in [-0.15, -0.1) is 0 Å². The molecule has 0 saturated carbocycles. The number of rotatable bonds is 29. The van der Waals surface area contributed by atoms with Crippen LogP contribution in [-0.4, -0.2) is 150 Å². The predicted octanol–water partition coefficient (Wildman–Crippen LogP) is 1.34. The van der Waals surface area contributed by atoms with Crippen molar-refractivity contribution in [2.75, 3.05) is 92.1 Å². The zero-order valence-electron chi connectivity index (χ0n) is 33.0. The molecular weight excluding hydrogens is 716 g/mol. The van der Waals surface area contributed by atoms with Gasteiger partial charge in [-0.05, 0) is 81.3 Å². The van der Waals surface area contributed by atoms with E-state index < -0.39 is 71.4 Å². The fraction of sp³-hybridized carbons (Fsp3) is 0.778. The number of ether oxygens (including phenoxy) is 8. The van der Waals surface area contributed by atoms with Gasteiger partial charge in [0.25, 0.3) is 0 Å². The van der Waals surface area contributed by atoms with E-state index in [2.05, 4.69) is 0 Å². The van der Waals surface area contributed by atoms with Gasteiger partial charge in [-0.25, -0.2) is 0 Å². The van der Waals surface area contributed by atoms with Crippen molar-refractivity contribution in [1.82, 2.24) is 9.80 Å². The molecule has 0 aromatic heterocycles. The normalized spacial score (nSPS) is 11.1. The Morgan fingerprint density at radius 2 is 0.463 bits per heavy atom. The van der Waals surface area contributed by atoms with E-state index >= 15 is 0 Å². The fourth-order valence-corrected chi connectivity index (χ4v) is 5.14. The molecule has 0 spiro atoms. The topological polar surface area (TPSA) is 217 Å². The number of carbonyl (C=O) groups excluding carboxylic acids is 8. The number of unbranched alkanes of at least 4 members (excludes halogenated alkanes) is 1. The molecular formula is C36H60N2O16. The molecule has 0 atom stereocenters. The molecule has 0 radical (unpaired) electrons. The molecule has 0 aromatic carbocycles. The summed E-state index contributed by atoms with van der Waals surface area (Å²) in [7, 11) is 0. The van der Waals surface area contributed by atoms with Gasteiger partial charge in [0.15, 0.2) is 23.7 Å². The Balaban J connectivity index is 6.65. The summed E-state index contributed by atoms with van der Waals surface area (Å²) >= 11 is 0. The Kier molecular flexibility index (Phi) is 26.8. The smallest absolute Gasteiger partial charge is 0.321 e. The third kappa shape index (κ3) is 18.6. The molecule has 0 heterocycles. The molecule has 0 bridgehead atoms. The van der Waals surface area contributed by atoms with E-state index in [4.69, 9.17) is 37.9 Å². The number of hydrogen-bond acceptors (Lipinski definition) is 18. The van der Waals surface area contributed by atoms with Crippen LogP contribution in [0.5, 0.6) is 0 Å². The Hall–Kier alpha value is -4.32. The Bertz CT molecular complexity index is 949. The van der Waals surface area contributed by atoms with Crippen LogP contribution in [0.3, 0.4) is 0 Å². The maximum Gasteiger partial charge on any atom is 0.321 e. The largest absolute Gasteiger partial charge is 0.465 e. The molecule has 0 saturated heterocycles. The summed E-state index contributed by atoms with van der Waals surface area (Å²) in [5, 5.41) is 0.